The predicted molar refractivity (Wildman–Crippen MR) is 70.6 cm³/mol. The monoisotopic (exact) mass is 266 g/mol. The molecule has 1 aliphatic heterocycles. The van der Waals surface area contributed by atoms with Crippen molar-refractivity contribution in [3.05, 3.63) is 28.8 Å². The average molecular weight is 267 g/mol. The molecule has 1 aromatic carbocycles. The second kappa shape index (κ2) is 4.61. The molecule has 1 unspecified atom stereocenters. The highest BCUT2D eigenvalue weighted by Gasteiger charge is 2.40. The lowest BCUT2D eigenvalue weighted by molar-refractivity contribution is -0.126. The number of carbonyl (C=O) groups excluding carboxylic acids is 2. The largest absolute Gasteiger partial charge is 0.355 e. The highest BCUT2D eigenvalue weighted by molar-refractivity contribution is 6.31. The smallest absolute Gasteiger partial charge is 0.232 e. The lowest BCUT2D eigenvalue weighted by Crippen LogP contribution is -2.35. The van der Waals surface area contributed by atoms with Crippen molar-refractivity contribution in [3.8, 4) is 0 Å². The van der Waals surface area contributed by atoms with Gasteiger partial charge in [-0.3, -0.25) is 9.59 Å². The van der Waals surface area contributed by atoms with Crippen LogP contribution in [0, 0.1) is 12.3 Å². The van der Waals surface area contributed by atoms with Crippen LogP contribution in [-0.4, -0.2) is 18.4 Å². The summed E-state index contributed by atoms with van der Waals surface area (Å²) >= 11 is 6.00. The van der Waals surface area contributed by atoms with Crippen molar-refractivity contribution < 1.29 is 9.59 Å². The summed E-state index contributed by atoms with van der Waals surface area (Å²) < 4.78 is 0. The van der Waals surface area contributed by atoms with Gasteiger partial charge in [-0.05, 0) is 31.5 Å². The van der Waals surface area contributed by atoms with E-state index in [0.29, 0.717) is 17.3 Å². The second-order valence-corrected chi connectivity index (χ2v) is 5.34. The maximum absolute atomic E-state index is 12.1. The summed E-state index contributed by atoms with van der Waals surface area (Å²) in [6, 6.07) is 5.35. The van der Waals surface area contributed by atoms with E-state index in [-0.39, 0.29) is 18.2 Å². The van der Waals surface area contributed by atoms with E-state index in [0.717, 1.165) is 5.56 Å². The van der Waals surface area contributed by atoms with E-state index in [1.165, 1.54) is 0 Å². The minimum atomic E-state index is -0.686. The van der Waals surface area contributed by atoms with Crippen LogP contribution >= 0.6 is 11.6 Å². The zero-order valence-electron chi connectivity index (χ0n) is 10.3. The van der Waals surface area contributed by atoms with Crippen LogP contribution in [0.2, 0.25) is 5.02 Å². The highest BCUT2D eigenvalue weighted by Crippen LogP contribution is 2.28. The number of benzene rings is 1. The van der Waals surface area contributed by atoms with E-state index in [9.17, 15) is 9.59 Å². The number of aryl methyl sites for hydroxylation is 1. The first-order valence-corrected chi connectivity index (χ1v) is 6.13. The summed E-state index contributed by atoms with van der Waals surface area (Å²) in [4.78, 5) is 23.3. The fourth-order valence-electron chi connectivity index (χ4n) is 1.89. The van der Waals surface area contributed by atoms with Gasteiger partial charge in [-0.1, -0.05) is 17.7 Å². The van der Waals surface area contributed by atoms with Crippen LogP contribution in [0.25, 0.3) is 0 Å². The minimum absolute atomic E-state index is 0.0883. The Balaban J connectivity index is 2.11. The van der Waals surface area contributed by atoms with Crippen molar-refractivity contribution in [2.45, 2.75) is 20.3 Å². The van der Waals surface area contributed by atoms with Gasteiger partial charge in [0, 0.05) is 23.7 Å². The molecule has 1 atom stereocenters. The molecule has 2 rings (SSSR count). The molecule has 5 heteroatoms. The summed E-state index contributed by atoms with van der Waals surface area (Å²) in [6.07, 6.45) is 0.221. The standard InChI is InChI=1S/C13H15ClN2O2/c1-8-3-4-9(5-10(8)14)16-12(18)13(2)6-11(17)15-7-13/h3-5H,6-7H2,1-2H3,(H,15,17)(H,16,18). The fraction of sp³-hybridized carbons (Fsp3) is 0.385. The molecule has 18 heavy (non-hydrogen) atoms. The van der Waals surface area contributed by atoms with Crippen LogP contribution in [0.1, 0.15) is 18.9 Å². The highest BCUT2D eigenvalue weighted by atomic mass is 35.5. The summed E-state index contributed by atoms with van der Waals surface area (Å²) in [5.74, 6) is -0.254. The van der Waals surface area contributed by atoms with Crippen molar-refractivity contribution in [2.24, 2.45) is 5.41 Å². The molecule has 4 nitrogen and oxygen atoms in total. The van der Waals surface area contributed by atoms with E-state index < -0.39 is 5.41 Å². The van der Waals surface area contributed by atoms with Crippen LogP contribution in [0.5, 0.6) is 0 Å². The van der Waals surface area contributed by atoms with Crippen molar-refractivity contribution in [1.82, 2.24) is 5.32 Å². The van der Waals surface area contributed by atoms with E-state index in [1.54, 1.807) is 19.1 Å². The third kappa shape index (κ3) is 2.48. The first kappa shape index (κ1) is 12.9. The van der Waals surface area contributed by atoms with Crippen molar-refractivity contribution >= 4 is 29.1 Å². The third-order valence-electron chi connectivity index (χ3n) is 3.20. The predicted octanol–water partition coefficient (Wildman–Crippen LogP) is 2.11. The molecule has 1 aromatic rings. The van der Waals surface area contributed by atoms with E-state index >= 15 is 0 Å². The van der Waals surface area contributed by atoms with Gasteiger partial charge in [-0.15, -0.1) is 0 Å². The topological polar surface area (TPSA) is 58.2 Å². The van der Waals surface area contributed by atoms with Gasteiger partial charge in [0.1, 0.15) is 0 Å². The lowest BCUT2D eigenvalue weighted by atomic mass is 9.88. The third-order valence-corrected chi connectivity index (χ3v) is 3.61. The van der Waals surface area contributed by atoms with Gasteiger partial charge >= 0.3 is 0 Å². The van der Waals surface area contributed by atoms with Crippen LogP contribution in [-0.2, 0) is 9.59 Å². The number of rotatable bonds is 2. The first-order valence-electron chi connectivity index (χ1n) is 5.75. The molecule has 2 amide bonds. The Morgan fingerprint density at radius 1 is 1.50 bits per heavy atom. The summed E-state index contributed by atoms with van der Waals surface area (Å²) in [6.45, 7) is 4.04. The van der Waals surface area contributed by atoms with Gasteiger partial charge < -0.3 is 10.6 Å². The zero-order valence-corrected chi connectivity index (χ0v) is 11.1. The van der Waals surface area contributed by atoms with Crippen LogP contribution < -0.4 is 10.6 Å². The Labute approximate surface area is 111 Å². The number of anilines is 1. The Hall–Kier alpha value is -1.55. The normalized spacial score (nSPS) is 22.7. The van der Waals surface area contributed by atoms with Crippen molar-refractivity contribution in [3.63, 3.8) is 0 Å². The Kier molecular flexibility index (Phi) is 3.30. The number of hydrogen-bond acceptors (Lipinski definition) is 2. The Morgan fingerprint density at radius 2 is 2.22 bits per heavy atom. The molecule has 0 aromatic heterocycles. The van der Waals surface area contributed by atoms with E-state index in [2.05, 4.69) is 10.6 Å². The second-order valence-electron chi connectivity index (χ2n) is 4.93. The van der Waals surface area contributed by atoms with Crippen molar-refractivity contribution in [2.75, 3.05) is 11.9 Å². The molecular weight excluding hydrogens is 252 g/mol. The molecule has 1 aliphatic rings. The molecule has 96 valence electrons. The summed E-state index contributed by atoms with van der Waals surface area (Å²) in [5.41, 5.74) is 0.920. The summed E-state index contributed by atoms with van der Waals surface area (Å²) in [5, 5.41) is 6.08. The van der Waals surface area contributed by atoms with Crippen LogP contribution in [0.3, 0.4) is 0 Å². The van der Waals surface area contributed by atoms with Crippen LogP contribution in [0.4, 0.5) is 5.69 Å². The average Bonchev–Trinajstić information content (AvgIpc) is 2.65. The fourth-order valence-corrected chi connectivity index (χ4v) is 2.07. The molecule has 1 heterocycles. The number of halogens is 1. The van der Waals surface area contributed by atoms with Gasteiger partial charge in [0.25, 0.3) is 0 Å². The minimum Gasteiger partial charge on any atom is -0.355 e. The van der Waals surface area contributed by atoms with E-state index in [4.69, 9.17) is 11.6 Å². The molecule has 1 saturated heterocycles. The molecule has 0 aliphatic carbocycles. The summed E-state index contributed by atoms with van der Waals surface area (Å²) in [7, 11) is 0. The molecule has 0 bridgehead atoms. The van der Waals surface area contributed by atoms with Gasteiger partial charge in [0.05, 0.1) is 5.41 Å². The molecular formula is C13H15ClN2O2. The molecule has 1 fully saturated rings. The van der Waals surface area contributed by atoms with Crippen LogP contribution in [0.15, 0.2) is 18.2 Å². The van der Waals surface area contributed by atoms with Gasteiger partial charge in [0.15, 0.2) is 0 Å². The van der Waals surface area contributed by atoms with Gasteiger partial charge in [0.2, 0.25) is 11.8 Å². The van der Waals surface area contributed by atoms with Gasteiger partial charge in [-0.2, -0.15) is 0 Å². The molecule has 2 N–H and O–H groups in total. The lowest BCUT2D eigenvalue weighted by Gasteiger charge is -2.20. The van der Waals surface area contributed by atoms with E-state index in [1.807, 2.05) is 13.0 Å². The number of hydrogen-bond donors (Lipinski definition) is 2. The van der Waals surface area contributed by atoms with Crippen molar-refractivity contribution in [1.29, 1.82) is 0 Å². The number of nitrogens with one attached hydrogen (secondary N) is 2. The number of carbonyl (C=O) groups is 2. The molecule has 0 radical (unpaired) electrons. The van der Waals surface area contributed by atoms with Gasteiger partial charge in [-0.25, -0.2) is 0 Å². The maximum atomic E-state index is 12.1. The SMILES string of the molecule is Cc1ccc(NC(=O)C2(C)CNC(=O)C2)cc1Cl. The maximum Gasteiger partial charge on any atom is 0.232 e. The first-order chi connectivity index (χ1) is 8.40. The zero-order chi connectivity index (χ0) is 13.3. The Morgan fingerprint density at radius 3 is 2.78 bits per heavy atom. The quantitative estimate of drug-likeness (QED) is 0.861. The molecule has 0 saturated carbocycles. The number of amides is 2. The Bertz CT molecular complexity index is 516. The molecule has 0 spiro atoms.